The van der Waals surface area contributed by atoms with Gasteiger partial charge in [-0.2, -0.15) is 0 Å². The number of rotatable bonds is 3. The van der Waals surface area contributed by atoms with Gasteiger partial charge in [-0.15, -0.1) is 0 Å². The third-order valence-electron chi connectivity index (χ3n) is 2.99. The first-order valence-electron chi connectivity index (χ1n) is 6.28. The van der Waals surface area contributed by atoms with E-state index in [1.807, 2.05) is 24.3 Å². The number of amides is 1. The van der Waals surface area contributed by atoms with E-state index < -0.39 is 0 Å². The third-order valence-corrected chi connectivity index (χ3v) is 3.82. The molecule has 0 bridgehead atoms. The number of anilines is 2. The van der Waals surface area contributed by atoms with Crippen LogP contribution in [0.5, 0.6) is 5.75 Å². The van der Waals surface area contributed by atoms with Crippen molar-refractivity contribution in [2.24, 2.45) is 0 Å². The van der Waals surface area contributed by atoms with Gasteiger partial charge in [0, 0.05) is 17.3 Å². The van der Waals surface area contributed by atoms with Crippen molar-refractivity contribution in [3.63, 3.8) is 0 Å². The Bertz CT molecular complexity index is 799. The molecule has 0 aliphatic rings. The largest absolute Gasteiger partial charge is 0.494 e. The average molecular weight is 299 g/mol. The van der Waals surface area contributed by atoms with Gasteiger partial charge in [0.2, 0.25) is 0 Å². The van der Waals surface area contributed by atoms with Gasteiger partial charge in [-0.25, -0.2) is 4.98 Å². The average Bonchev–Trinajstić information content (AvgIpc) is 2.87. The summed E-state index contributed by atoms with van der Waals surface area (Å²) in [4.78, 5) is 16.4. The fourth-order valence-electron chi connectivity index (χ4n) is 2.04. The van der Waals surface area contributed by atoms with Gasteiger partial charge in [0.1, 0.15) is 11.3 Å². The van der Waals surface area contributed by atoms with Crippen molar-refractivity contribution in [1.29, 1.82) is 0 Å². The third kappa shape index (κ3) is 2.66. The molecule has 3 N–H and O–H groups in total. The van der Waals surface area contributed by atoms with E-state index in [0.717, 1.165) is 4.70 Å². The minimum Gasteiger partial charge on any atom is -0.494 e. The van der Waals surface area contributed by atoms with Gasteiger partial charge in [0.05, 0.1) is 11.8 Å². The molecular formula is C15H13N3O2S. The van der Waals surface area contributed by atoms with Crippen LogP contribution in [-0.2, 0) is 0 Å². The Kier molecular flexibility index (Phi) is 3.45. The van der Waals surface area contributed by atoms with Crippen LogP contribution in [0, 0.1) is 0 Å². The van der Waals surface area contributed by atoms with Gasteiger partial charge in [-0.05, 0) is 18.2 Å². The van der Waals surface area contributed by atoms with E-state index in [1.54, 1.807) is 25.3 Å². The van der Waals surface area contributed by atoms with Crippen LogP contribution >= 0.6 is 11.3 Å². The zero-order chi connectivity index (χ0) is 14.8. The fraction of sp³-hybridized carbons (Fsp3) is 0.0667. The number of aromatic nitrogens is 1. The lowest BCUT2D eigenvalue weighted by molar-refractivity contribution is 0.102. The smallest absolute Gasteiger partial charge is 0.255 e. The molecular weight excluding hydrogens is 286 g/mol. The molecule has 5 nitrogen and oxygen atoms in total. The topological polar surface area (TPSA) is 77.2 Å². The zero-order valence-corrected chi connectivity index (χ0v) is 12.1. The molecule has 0 unspecified atom stereocenters. The first kappa shape index (κ1) is 13.4. The van der Waals surface area contributed by atoms with E-state index in [0.29, 0.717) is 27.6 Å². The minimum atomic E-state index is -0.172. The van der Waals surface area contributed by atoms with E-state index in [-0.39, 0.29) is 5.91 Å². The van der Waals surface area contributed by atoms with Crippen molar-refractivity contribution in [2.75, 3.05) is 18.2 Å². The molecule has 1 aromatic heterocycles. The summed E-state index contributed by atoms with van der Waals surface area (Å²) in [6, 6.07) is 12.6. The number of nitrogens with one attached hydrogen (secondary N) is 1. The van der Waals surface area contributed by atoms with Crippen LogP contribution in [0.1, 0.15) is 10.4 Å². The lowest BCUT2D eigenvalue weighted by atomic mass is 10.2. The van der Waals surface area contributed by atoms with Crippen LogP contribution in [0.15, 0.2) is 42.5 Å². The Morgan fingerprint density at radius 1 is 1.29 bits per heavy atom. The van der Waals surface area contributed by atoms with Crippen molar-refractivity contribution in [1.82, 2.24) is 4.98 Å². The Balaban J connectivity index is 1.95. The number of benzene rings is 2. The molecule has 1 amide bonds. The number of methoxy groups -OCH3 is 1. The van der Waals surface area contributed by atoms with Gasteiger partial charge in [0.15, 0.2) is 5.13 Å². The SMILES string of the molecule is COc1cc(NC(=O)c2ccccc2)cc2sc(N)nc12. The number of hydrogen-bond acceptors (Lipinski definition) is 5. The van der Waals surface area contributed by atoms with E-state index in [9.17, 15) is 4.79 Å². The molecule has 0 fully saturated rings. The number of hydrogen-bond donors (Lipinski definition) is 2. The summed E-state index contributed by atoms with van der Waals surface area (Å²) in [6.45, 7) is 0. The molecule has 2 aromatic carbocycles. The lowest BCUT2D eigenvalue weighted by Crippen LogP contribution is -2.11. The maximum atomic E-state index is 12.2. The Hall–Kier alpha value is -2.60. The summed E-state index contributed by atoms with van der Waals surface area (Å²) in [7, 11) is 1.56. The van der Waals surface area contributed by atoms with Gasteiger partial charge < -0.3 is 15.8 Å². The molecule has 106 valence electrons. The second kappa shape index (κ2) is 5.41. The highest BCUT2D eigenvalue weighted by Gasteiger charge is 2.12. The predicted octanol–water partition coefficient (Wildman–Crippen LogP) is 3.14. The Labute approximate surface area is 125 Å². The van der Waals surface area contributed by atoms with Gasteiger partial charge in [-0.1, -0.05) is 29.5 Å². The summed E-state index contributed by atoms with van der Waals surface area (Å²) in [5.41, 5.74) is 7.67. The van der Waals surface area contributed by atoms with E-state index in [4.69, 9.17) is 10.5 Å². The molecule has 6 heteroatoms. The standard InChI is InChI=1S/C15H13N3O2S/c1-20-11-7-10(8-12-13(11)18-15(16)21-12)17-14(19)9-5-3-2-4-6-9/h2-8H,1H3,(H2,16,18)(H,17,19). The summed E-state index contributed by atoms with van der Waals surface area (Å²) >= 11 is 1.35. The van der Waals surface area contributed by atoms with E-state index >= 15 is 0 Å². The predicted molar refractivity (Wildman–Crippen MR) is 85.0 cm³/mol. The number of nitrogen functional groups attached to an aromatic ring is 1. The van der Waals surface area contributed by atoms with Crippen LogP contribution in [0.3, 0.4) is 0 Å². The molecule has 0 atom stereocenters. The monoisotopic (exact) mass is 299 g/mol. The highest BCUT2D eigenvalue weighted by molar-refractivity contribution is 7.22. The van der Waals surface area contributed by atoms with Crippen LogP contribution in [0.25, 0.3) is 10.2 Å². The number of carbonyl (C=O) groups excluding carboxylic acids is 1. The first-order valence-corrected chi connectivity index (χ1v) is 7.09. The van der Waals surface area contributed by atoms with Crippen LogP contribution in [0.2, 0.25) is 0 Å². The number of fused-ring (bicyclic) bond motifs is 1. The van der Waals surface area contributed by atoms with Crippen molar-refractivity contribution in [2.45, 2.75) is 0 Å². The molecule has 0 saturated heterocycles. The highest BCUT2D eigenvalue weighted by atomic mass is 32.1. The van der Waals surface area contributed by atoms with Crippen molar-refractivity contribution in [3.05, 3.63) is 48.0 Å². The number of nitrogens with two attached hydrogens (primary N) is 1. The molecule has 21 heavy (non-hydrogen) atoms. The maximum absolute atomic E-state index is 12.2. The van der Waals surface area contributed by atoms with Crippen LogP contribution in [0.4, 0.5) is 10.8 Å². The second-order valence-corrected chi connectivity index (χ2v) is 5.46. The molecule has 0 radical (unpaired) electrons. The number of carbonyl (C=O) groups is 1. The summed E-state index contributed by atoms with van der Waals surface area (Å²) < 4.78 is 6.18. The molecule has 0 aliphatic heterocycles. The number of ether oxygens (including phenoxy) is 1. The quantitative estimate of drug-likeness (QED) is 0.779. The van der Waals surface area contributed by atoms with Gasteiger partial charge in [-0.3, -0.25) is 4.79 Å². The van der Waals surface area contributed by atoms with Crippen molar-refractivity contribution < 1.29 is 9.53 Å². The highest BCUT2D eigenvalue weighted by Crippen LogP contribution is 2.34. The fourth-order valence-corrected chi connectivity index (χ4v) is 2.83. The molecule has 3 aromatic rings. The normalized spacial score (nSPS) is 10.5. The Morgan fingerprint density at radius 2 is 2.05 bits per heavy atom. The zero-order valence-electron chi connectivity index (χ0n) is 11.3. The molecule has 0 aliphatic carbocycles. The molecule has 1 heterocycles. The molecule has 0 saturated carbocycles. The van der Waals surface area contributed by atoms with E-state index in [1.165, 1.54) is 11.3 Å². The molecule has 3 rings (SSSR count). The van der Waals surface area contributed by atoms with Crippen LogP contribution in [-0.4, -0.2) is 18.0 Å². The maximum Gasteiger partial charge on any atom is 0.255 e. The lowest BCUT2D eigenvalue weighted by Gasteiger charge is -2.08. The summed E-state index contributed by atoms with van der Waals surface area (Å²) in [5.74, 6) is 0.415. The second-order valence-electron chi connectivity index (χ2n) is 4.40. The van der Waals surface area contributed by atoms with Gasteiger partial charge >= 0.3 is 0 Å². The summed E-state index contributed by atoms with van der Waals surface area (Å²) in [5, 5.41) is 3.32. The minimum absolute atomic E-state index is 0.172. The number of nitrogens with zero attached hydrogens (tertiary/aromatic N) is 1. The van der Waals surface area contributed by atoms with Gasteiger partial charge in [0.25, 0.3) is 5.91 Å². The molecule has 0 spiro atoms. The van der Waals surface area contributed by atoms with Crippen molar-refractivity contribution >= 4 is 38.3 Å². The van der Waals surface area contributed by atoms with Crippen molar-refractivity contribution in [3.8, 4) is 5.75 Å². The first-order chi connectivity index (χ1) is 10.2. The van der Waals surface area contributed by atoms with E-state index in [2.05, 4.69) is 10.3 Å². The van der Waals surface area contributed by atoms with Crippen LogP contribution < -0.4 is 15.8 Å². The summed E-state index contributed by atoms with van der Waals surface area (Å²) in [6.07, 6.45) is 0. The Morgan fingerprint density at radius 3 is 2.76 bits per heavy atom. The number of thiazole rings is 1.